The summed E-state index contributed by atoms with van der Waals surface area (Å²) in [6.45, 7) is 13.6. The molecule has 0 aromatic heterocycles. The molecule has 0 spiro atoms. The maximum atomic E-state index is 3.85. The van der Waals surface area contributed by atoms with E-state index in [2.05, 4.69) is 72.5 Å². The summed E-state index contributed by atoms with van der Waals surface area (Å²) in [5.41, 5.74) is 0. The van der Waals surface area contributed by atoms with E-state index in [-0.39, 0.29) is 0 Å². The van der Waals surface area contributed by atoms with Crippen molar-refractivity contribution >= 4 is 35.6 Å². The Labute approximate surface area is 87.3 Å². The Bertz CT molecular complexity index is 123. The highest BCUT2D eigenvalue weighted by Crippen LogP contribution is 2.87. The van der Waals surface area contributed by atoms with Crippen LogP contribution in [-0.4, -0.2) is 10.3 Å². The van der Waals surface area contributed by atoms with Crippen LogP contribution in [0.15, 0.2) is 0 Å². The Morgan fingerprint density at radius 2 is 0.909 bits per heavy atom. The van der Waals surface area contributed by atoms with E-state index in [4.69, 9.17) is 0 Å². The van der Waals surface area contributed by atoms with Gasteiger partial charge in [0.25, 0.3) is 0 Å². The van der Waals surface area contributed by atoms with E-state index in [0.717, 1.165) is 0 Å². The summed E-state index contributed by atoms with van der Waals surface area (Å²) >= 11 is 7.70. The number of rotatable bonds is 0. The quantitative estimate of drug-likeness (QED) is 0.538. The Balaban J connectivity index is 4.75. The molecular weight excluding hydrogens is 287 g/mol. The second kappa shape index (κ2) is 3.27. The molecule has 0 nitrogen and oxygen atoms in total. The molecule has 0 amide bonds. The first-order chi connectivity index (χ1) is 4.50. The number of hydrogen-bond acceptors (Lipinski definition) is 0. The van der Waals surface area contributed by atoms with Gasteiger partial charge in [0.05, 0.1) is 10.3 Å². The van der Waals surface area contributed by atoms with Gasteiger partial charge in [0.2, 0.25) is 0 Å². The van der Waals surface area contributed by atoms with E-state index in [9.17, 15) is 0 Å². The fourth-order valence-corrected chi connectivity index (χ4v) is 3.02. The van der Waals surface area contributed by atoms with Crippen LogP contribution in [0.5, 0.6) is 0 Å². The second-order valence-electron chi connectivity index (χ2n) is 4.86. The predicted octanol–water partition coefficient (Wildman–Crippen LogP) is 5.22. The smallest absolute Gasteiger partial charge is 0.0242 e. The molecule has 0 aromatic rings. The highest BCUT2D eigenvalue weighted by molar-refractivity contribution is 9.73. The van der Waals surface area contributed by atoms with Gasteiger partial charge in [-0.05, 0) is 41.5 Å². The molecule has 0 aliphatic rings. The molecule has 0 aliphatic heterocycles. The van der Waals surface area contributed by atoms with Gasteiger partial charge >= 0.3 is 0 Å². The van der Waals surface area contributed by atoms with Crippen molar-refractivity contribution in [3.63, 3.8) is 0 Å². The molecule has 0 fully saturated rings. The Morgan fingerprint density at radius 3 is 0.909 bits per heavy atom. The van der Waals surface area contributed by atoms with Crippen LogP contribution in [0.2, 0.25) is 0 Å². The predicted molar refractivity (Wildman–Crippen MR) is 64.3 cm³/mol. The molecule has 11 heavy (non-hydrogen) atoms. The molecule has 68 valence electrons. The first-order valence-corrected chi connectivity index (χ1v) is 9.61. The van der Waals surface area contributed by atoms with E-state index in [1.54, 1.807) is 0 Å². The van der Waals surface area contributed by atoms with Crippen molar-refractivity contribution in [3.8, 4) is 0 Å². The summed E-state index contributed by atoms with van der Waals surface area (Å²) in [6, 6.07) is 0. The molecule has 0 radical (unpaired) electrons. The van der Waals surface area contributed by atoms with Gasteiger partial charge in [0, 0.05) is 0 Å². The minimum Gasteiger partial charge on any atom is -0.0242 e. The Hall–Kier alpha value is 1.39. The van der Waals surface area contributed by atoms with Crippen molar-refractivity contribution < 1.29 is 0 Å². The normalized spacial score (nSPS) is 15.3. The van der Waals surface area contributed by atoms with E-state index in [0.29, 0.717) is 10.3 Å². The highest BCUT2D eigenvalue weighted by atomic mass is 79.9. The van der Waals surface area contributed by atoms with Crippen molar-refractivity contribution in [1.82, 2.24) is 0 Å². The topological polar surface area (TPSA) is 0 Å². The Kier molecular flexibility index (Phi) is 3.68. The van der Waals surface area contributed by atoms with Gasteiger partial charge in [-0.2, -0.15) is 0 Å². The number of halogens is 2. The molecule has 0 N–H and O–H groups in total. The van der Waals surface area contributed by atoms with Crippen molar-refractivity contribution in [2.24, 2.45) is 0 Å². The molecule has 0 unspecified atom stereocenters. The lowest BCUT2D eigenvalue weighted by atomic mass is 10.2. The summed E-state index contributed by atoms with van der Waals surface area (Å²) in [6.07, 6.45) is 0. The van der Waals surface area contributed by atoms with Crippen LogP contribution in [0.25, 0.3) is 0 Å². The maximum Gasteiger partial charge on any atom is 0.163 e. The largest absolute Gasteiger partial charge is 0.163 e. The van der Waals surface area contributed by atoms with Gasteiger partial charge in [-0.3, -0.25) is 0 Å². The third kappa shape index (κ3) is 2.67. The highest BCUT2D eigenvalue weighted by Gasteiger charge is 2.55. The third-order valence-electron chi connectivity index (χ3n) is 1.69. The molecule has 0 rings (SSSR count). The molecule has 0 aromatic carbocycles. The minimum absolute atomic E-state index is 0.325. The van der Waals surface area contributed by atoms with Crippen LogP contribution in [0.1, 0.15) is 41.5 Å². The van der Waals surface area contributed by atoms with Crippen LogP contribution in [0, 0.1) is 0 Å². The minimum atomic E-state index is -1.19. The van der Waals surface area contributed by atoms with E-state index < -0.39 is 4.67 Å². The van der Waals surface area contributed by atoms with Gasteiger partial charge in [-0.25, -0.2) is 0 Å². The fourth-order valence-electron chi connectivity index (χ4n) is 1.01. The molecule has 0 bridgehead atoms. The van der Waals surface area contributed by atoms with Crippen LogP contribution >= 0.6 is 35.6 Å². The van der Waals surface area contributed by atoms with Crippen molar-refractivity contribution in [1.29, 1.82) is 0 Å². The SMILES string of the molecule is CC(C)(C)[P+](Br)(Br)C(C)(C)C. The number of hydrogen-bond donors (Lipinski definition) is 0. The van der Waals surface area contributed by atoms with Crippen LogP contribution in [0.3, 0.4) is 0 Å². The van der Waals surface area contributed by atoms with Crippen molar-refractivity contribution in [3.05, 3.63) is 0 Å². The van der Waals surface area contributed by atoms with Crippen LogP contribution in [0.4, 0.5) is 0 Å². The van der Waals surface area contributed by atoms with Crippen LogP contribution in [-0.2, 0) is 0 Å². The molecule has 3 heteroatoms. The summed E-state index contributed by atoms with van der Waals surface area (Å²) in [5, 5.41) is 0.649. The van der Waals surface area contributed by atoms with Crippen molar-refractivity contribution in [2.45, 2.75) is 51.9 Å². The lowest BCUT2D eigenvalue weighted by Crippen LogP contribution is -2.26. The maximum absolute atomic E-state index is 3.85. The molecule has 0 atom stereocenters. The first kappa shape index (κ1) is 12.4. The van der Waals surface area contributed by atoms with Gasteiger partial charge in [-0.1, -0.05) is 0 Å². The third-order valence-corrected chi connectivity index (χ3v) is 17.8. The summed E-state index contributed by atoms with van der Waals surface area (Å²) in [7, 11) is 0. The average Bonchev–Trinajstić information content (AvgIpc) is 1.58. The van der Waals surface area contributed by atoms with Gasteiger partial charge in [0.15, 0.2) is 35.6 Å². The second-order valence-corrected chi connectivity index (χ2v) is 17.8. The van der Waals surface area contributed by atoms with Gasteiger partial charge in [0.1, 0.15) is 0 Å². The summed E-state index contributed by atoms with van der Waals surface area (Å²) in [4.78, 5) is 0. The van der Waals surface area contributed by atoms with Gasteiger partial charge < -0.3 is 0 Å². The van der Waals surface area contributed by atoms with E-state index >= 15 is 0 Å². The molecule has 0 aliphatic carbocycles. The zero-order valence-electron chi connectivity index (χ0n) is 8.20. The molecule has 0 heterocycles. The van der Waals surface area contributed by atoms with Gasteiger partial charge in [-0.15, -0.1) is 0 Å². The van der Waals surface area contributed by atoms with E-state index in [1.807, 2.05) is 0 Å². The van der Waals surface area contributed by atoms with Crippen molar-refractivity contribution in [2.75, 3.05) is 0 Å². The zero-order chi connectivity index (χ0) is 9.50. The standard InChI is InChI=1S/C8H18Br2P/c1-7(2,3)11(9,10)8(4,5)6/h1-6H3/q+1. The molecule has 0 saturated heterocycles. The monoisotopic (exact) mass is 303 g/mol. The lowest BCUT2D eigenvalue weighted by Gasteiger charge is -2.35. The molecular formula is C8H18Br2P+. The summed E-state index contributed by atoms with van der Waals surface area (Å²) < 4.78 is -1.19. The fraction of sp³-hybridized carbons (Fsp3) is 1.00. The lowest BCUT2D eigenvalue weighted by molar-refractivity contribution is 0.718. The Morgan fingerprint density at radius 1 is 0.727 bits per heavy atom. The van der Waals surface area contributed by atoms with E-state index in [1.165, 1.54) is 0 Å². The first-order valence-electron chi connectivity index (χ1n) is 3.79. The zero-order valence-corrected chi connectivity index (χ0v) is 12.3. The average molecular weight is 305 g/mol. The van der Waals surface area contributed by atoms with Crippen LogP contribution < -0.4 is 0 Å². The summed E-state index contributed by atoms with van der Waals surface area (Å²) in [5.74, 6) is 0. The molecule has 0 saturated carbocycles.